The fraction of sp³-hybridized carbons (Fsp3) is 0.786. The van der Waals surface area contributed by atoms with Crippen LogP contribution in [-0.2, 0) is 13.6 Å². The first-order chi connectivity index (χ1) is 8.13. The molecule has 0 saturated heterocycles. The summed E-state index contributed by atoms with van der Waals surface area (Å²) in [5, 5.41) is 8.10. The van der Waals surface area contributed by atoms with E-state index in [1.807, 2.05) is 11.7 Å². The zero-order valence-electron chi connectivity index (χ0n) is 13.1. The molecule has 0 aliphatic rings. The maximum absolute atomic E-state index is 4.55. The van der Waals surface area contributed by atoms with Gasteiger partial charge in [0.2, 0.25) is 0 Å². The summed E-state index contributed by atoms with van der Waals surface area (Å²) in [6, 6.07) is 0.466. The molecule has 0 aromatic carbocycles. The molecule has 0 saturated carbocycles. The molecule has 104 valence electrons. The van der Waals surface area contributed by atoms with Gasteiger partial charge in [0.05, 0.1) is 5.69 Å². The molecule has 18 heavy (non-hydrogen) atoms. The lowest BCUT2D eigenvalue weighted by Crippen LogP contribution is -2.36. The Morgan fingerprint density at radius 1 is 1.33 bits per heavy atom. The van der Waals surface area contributed by atoms with Gasteiger partial charge in [0.15, 0.2) is 0 Å². The van der Waals surface area contributed by atoms with Crippen LogP contribution in [0, 0.1) is 6.92 Å². The molecule has 1 heterocycles. The van der Waals surface area contributed by atoms with Gasteiger partial charge in [0.25, 0.3) is 0 Å². The summed E-state index contributed by atoms with van der Waals surface area (Å²) < 4.78 is 1.98. The zero-order valence-corrected chi connectivity index (χ0v) is 13.1. The fourth-order valence-electron chi connectivity index (χ4n) is 1.94. The van der Waals surface area contributed by atoms with Crippen LogP contribution in [0.2, 0.25) is 0 Å². The highest BCUT2D eigenvalue weighted by Crippen LogP contribution is 2.24. The van der Waals surface area contributed by atoms with E-state index in [1.165, 1.54) is 11.4 Å². The maximum Gasteiger partial charge on any atom is 0.131 e. The molecule has 0 radical (unpaired) electrons. The molecule has 4 nitrogen and oxygen atoms in total. The Labute approximate surface area is 111 Å². The minimum Gasteiger partial charge on any atom is -0.357 e. The van der Waals surface area contributed by atoms with Gasteiger partial charge in [-0.25, -0.2) is 0 Å². The van der Waals surface area contributed by atoms with Crippen LogP contribution >= 0.6 is 0 Å². The Morgan fingerprint density at radius 3 is 2.33 bits per heavy atom. The van der Waals surface area contributed by atoms with E-state index in [9.17, 15) is 0 Å². The first-order valence-electron chi connectivity index (χ1n) is 6.64. The van der Waals surface area contributed by atoms with Crippen molar-refractivity contribution in [1.82, 2.24) is 15.1 Å². The van der Waals surface area contributed by atoms with Crippen molar-refractivity contribution in [2.24, 2.45) is 7.05 Å². The summed E-state index contributed by atoms with van der Waals surface area (Å²) in [6.07, 6.45) is 0. The van der Waals surface area contributed by atoms with E-state index in [2.05, 4.69) is 63.9 Å². The number of aryl methyl sites for hydroxylation is 2. The minimum atomic E-state index is 0.121. The Hall–Kier alpha value is -1.03. The second-order valence-electron chi connectivity index (χ2n) is 6.32. The summed E-state index contributed by atoms with van der Waals surface area (Å²) >= 11 is 0. The first kappa shape index (κ1) is 15.0. The summed E-state index contributed by atoms with van der Waals surface area (Å²) in [4.78, 5) is 2.28. The van der Waals surface area contributed by atoms with Crippen molar-refractivity contribution in [3.05, 3.63) is 11.3 Å². The van der Waals surface area contributed by atoms with E-state index in [0.717, 1.165) is 12.2 Å². The van der Waals surface area contributed by atoms with Crippen LogP contribution in [0.4, 0.5) is 5.82 Å². The van der Waals surface area contributed by atoms with Crippen molar-refractivity contribution in [3.8, 4) is 0 Å². The van der Waals surface area contributed by atoms with Crippen molar-refractivity contribution >= 4 is 5.82 Å². The number of anilines is 1. The van der Waals surface area contributed by atoms with Crippen molar-refractivity contribution in [2.75, 3.05) is 11.9 Å². The average Bonchev–Trinajstić information content (AvgIpc) is 2.47. The van der Waals surface area contributed by atoms with Gasteiger partial charge in [-0.15, -0.1) is 0 Å². The smallest absolute Gasteiger partial charge is 0.131 e. The van der Waals surface area contributed by atoms with E-state index in [4.69, 9.17) is 0 Å². The maximum atomic E-state index is 4.55. The average molecular weight is 252 g/mol. The highest BCUT2D eigenvalue weighted by Gasteiger charge is 2.20. The highest BCUT2D eigenvalue weighted by atomic mass is 15.4. The molecule has 1 rings (SSSR count). The topological polar surface area (TPSA) is 33.1 Å². The van der Waals surface area contributed by atoms with E-state index in [-0.39, 0.29) is 5.54 Å². The molecule has 0 aliphatic carbocycles. The van der Waals surface area contributed by atoms with Crippen LogP contribution in [0.3, 0.4) is 0 Å². The largest absolute Gasteiger partial charge is 0.357 e. The zero-order chi connectivity index (χ0) is 14.1. The van der Waals surface area contributed by atoms with Gasteiger partial charge in [0, 0.05) is 37.8 Å². The molecule has 0 atom stereocenters. The van der Waals surface area contributed by atoms with Gasteiger partial charge in [-0.1, -0.05) is 0 Å². The Balaban J connectivity index is 3.03. The van der Waals surface area contributed by atoms with Crippen LogP contribution in [0.15, 0.2) is 0 Å². The number of nitrogens with zero attached hydrogens (tertiary/aromatic N) is 3. The van der Waals surface area contributed by atoms with Crippen LogP contribution in [-0.4, -0.2) is 28.4 Å². The molecule has 0 spiro atoms. The molecular weight excluding hydrogens is 224 g/mol. The van der Waals surface area contributed by atoms with Gasteiger partial charge in [0.1, 0.15) is 5.82 Å². The summed E-state index contributed by atoms with van der Waals surface area (Å²) in [6.45, 7) is 13.9. The number of nitrogens with one attached hydrogen (secondary N) is 1. The van der Waals surface area contributed by atoms with Crippen molar-refractivity contribution in [3.63, 3.8) is 0 Å². The molecule has 1 N–H and O–H groups in total. The van der Waals surface area contributed by atoms with Crippen LogP contribution in [0.25, 0.3) is 0 Å². The highest BCUT2D eigenvalue weighted by molar-refractivity contribution is 5.50. The van der Waals surface area contributed by atoms with E-state index in [1.54, 1.807) is 0 Å². The molecule has 0 fully saturated rings. The Kier molecular flexibility index (Phi) is 4.43. The second-order valence-corrected chi connectivity index (χ2v) is 6.32. The van der Waals surface area contributed by atoms with Gasteiger partial charge in [-0.05, 0) is 41.5 Å². The van der Waals surface area contributed by atoms with Crippen LogP contribution in [0.1, 0.15) is 45.9 Å². The van der Waals surface area contributed by atoms with Gasteiger partial charge in [-0.3, -0.25) is 4.68 Å². The molecule has 1 aromatic heterocycles. The third kappa shape index (κ3) is 3.48. The summed E-state index contributed by atoms with van der Waals surface area (Å²) in [7, 11) is 4.14. The van der Waals surface area contributed by atoms with Gasteiger partial charge in [-0.2, -0.15) is 5.10 Å². The molecule has 0 aliphatic heterocycles. The predicted molar refractivity (Wildman–Crippen MR) is 78.1 cm³/mol. The number of rotatable bonds is 4. The third-order valence-electron chi connectivity index (χ3n) is 3.22. The number of hydrogen-bond acceptors (Lipinski definition) is 3. The number of hydrogen-bond donors (Lipinski definition) is 1. The quantitative estimate of drug-likeness (QED) is 0.893. The normalized spacial score (nSPS) is 12.3. The molecule has 0 amide bonds. The van der Waals surface area contributed by atoms with Crippen LogP contribution in [0.5, 0.6) is 0 Å². The molecule has 4 heteroatoms. The van der Waals surface area contributed by atoms with E-state index in [0.29, 0.717) is 6.04 Å². The Bertz CT molecular complexity index is 399. The van der Waals surface area contributed by atoms with Gasteiger partial charge >= 0.3 is 0 Å². The predicted octanol–water partition coefficient (Wildman–Crippen LogP) is 2.46. The van der Waals surface area contributed by atoms with E-state index >= 15 is 0 Å². The first-order valence-corrected chi connectivity index (χ1v) is 6.64. The lowest BCUT2D eigenvalue weighted by molar-refractivity contribution is 0.423. The summed E-state index contributed by atoms with van der Waals surface area (Å²) in [5.41, 5.74) is 2.52. The SMILES string of the molecule is Cc1nn(C)c(N(C)C(C)C)c1CNC(C)(C)C. The second kappa shape index (κ2) is 5.31. The van der Waals surface area contributed by atoms with Crippen molar-refractivity contribution < 1.29 is 0 Å². The summed E-state index contributed by atoms with van der Waals surface area (Å²) in [5.74, 6) is 1.21. The minimum absolute atomic E-state index is 0.121. The molecular formula is C14H28N4. The standard InChI is InChI=1S/C14H28N4/c1-10(2)17(7)13-12(9-15-14(4,5)6)11(3)16-18(13)8/h10,15H,9H2,1-8H3. The fourth-order valence-corrected chi connectivity index (χ4v) is 1.94. The lowest BCUT2D eigenvalue weighted by atomic mass is 10.1. The van der Waals surface area contributed by atoms with E-state index < -0.39 is 0 Å². The Morgan fingerprint density at radius 2 is 1.89 bits per heavy atom. The third-order valence-corrected chi connectivity index (χ3v) is 3.22. The van der Waals surface area contributed by atoms with Gasteiger partial charge < -0.3 is 10.2 Å². The lowest BCUT2D eigenvalue weighted by Gasteiger charge is -2.26. The monoisotopic (exact) mass is 252 g/mol. The van der Waals surface area contributed by atoms with Crippen LogP contribution < -0.4 is 10.2 Å². The van der Waals surface area contributed by atoms with Crippen molar-refractivity contribution in [2.45, 2.75) is 59.7 Å². The number of aromatic nitrogens is 2. The molecule has 1 aromatic rings. The molecule has 0 bridgehead atoms. The molecule has 0 unspecified atom stereocenters. The van der Waals surface area contributed by atoms with Crippen molar-refractivity contribution in [1.29, 1.82) is 0 Å².